The second-order valence-corrected chi connectivity index (χ2v) is 8.13. The molecule has 4 rings (SSSR count). The number of fused-ring (bicyclic) bond motifs is 1. The molecule has 28 heavy (non-hydrogen) atoms. The van der Waals surface area contributed by atoms with Gasteiger partial charge in [-0.05, 0) is 58.0 Å². The van der Waals surface area contributed by atoms with Crippen LogP contribution in [0.1, 0.15) is 26.3 Å². The lowest BCUT2D eigenvalue weighted by molar-refractivity contribution is 0.0536. The zero-order chi connectivity index (χ0) is 19.7. The van der Waals surface area contributed by atoms with E-state index < -0.39 is 0 Å². The fraction of sp³-hybridized carbons (Fsp3) is 0.217. The fourth-order valence-electron chi connectivity index (χ4n) is 3.68. The molecule has 0 saturated carbocycles. The number of rotatable bonds is 2. The molecule has 0 spiro atoms. The van der Waals surface area contributed by atoms with Gasteiger partial charge in [0.15, 0.2) is 0 Å². The van der Waals surface area contributed by atoms with Gasteiger partial charge in [0, 0.05) is 35.3 Å². The van der Waals surface area contributed by atoms with Crippen molar-refractivity contribution in [3.63, 3.8) is 0 Å². The Morgan fingerprint density at radius 1 is 0.750 bits per heavy atom. The monoisotopic (exact) mass is 484 g/mol. The summed E-state index contributed by atoms with van der Waals surface area (Å²) in [4.78, 5) is 29.7. The standard InChI is InChI=1S/C23H21IN2O2/c1-16-6-4-11-20(21(16)24)23(28)26-14-12-25(13-15-26)22(27)19-10-5-8-17-7-2-3-9-18(17)19/h2-11H,12-15H2,1H3. The van der Waals surface area contributed by atoms with Gasteiger partial charge in [-0.2, -0.15) is 0 Å². The predicted molar refractivity (Wildman–Crippen MR) is 120 cm³/mol. The number of hydrogen-bond donors (Lipinski definition) is 0. The van der Waals surface area contributed by atoms with Gasteiger partial charge >= 0.3 is 0 Å². The molecule has 1 aliphatic rings. The van der Waals surface area contributed by atoms with Crippen LogP contribution in [0, 0.1) is 10.5 Å². The van der Waals surface area contributed by atoms with Gasteiger partial charge in [0.05, 0.1) is 5.56 Å². The average Bonchev–Trinajstić information content (AvgIpc) is 2.74. The van der Waals surface area contributed by atoms with Crippen molar-refractivity contribution < 1.29 is 9.59 Å². The third-order valence-electron chi connectivity index (χ3n) is 5.30. The molecule has 1 aliphatic heterocycles. The zero-order valence-corrected chi connectivity index (χ0v) is 17.8. The normalized spacial score (nSPS) is 14.4. The Morgan fingerprint density at radius 2 is 1.29 bits per heavy atom. The fourth-order valence-corrected chi connectivity index (χ4v) is 4.27. The van der Waals surface area contributed by atoms with Gasteiger partial charge in [0.2, 0.25) is 0 Å². The molecule has 0 bridgehead atoms. The maximum absolute atomic E-state index is 13.1. The number of halogens is 1. The molecule has 3 aromatic rings. The van der Waals surface area contributed by atoms with Gasteiger partial charge in [0.1, 0.15) is 0 Å². The first-order chi connectivity index (χ1) is 13.6. The van der Waals surface area contributed by atoms with E-state index in [-0.39, 0.29) is 11.8 Å². The third kappa shape index (κ3) is 3.51. The van der Waals surface area contributed by atoms with E-state index in [9.17, 15) is 9.59 Å². The number of hydrogen-bond acceptors (Lipinski definition) is 2. The van der Waals surface area contributed by atoms with Crippen LogP contribution in [-0.2, 0) is 0 Å². The largest absolute Gasteiger partial charge is 0.335 e. The van der Waals surface area contributed by atoms with Crippen molar-refractivity contribution in [3.8, 4) is 0 Å². The Hall–Kier alpha value is -2.41. The number of amides is 2. The quantitative estimate of drug-likeness (QED) is 0.508. The molecule has 0 N–H and O–H groups in total. The molecule has 1 fully saturated rings. The molecule has 3 aromatic carbocycles. The SMILES string of the molecule is Cc1cccc(C(=O)N2CCN(C(=O)c3cccc4ccccc34)CC2)c1I. The van der Waals surface area contributed by atoms with Crippen molar-refractivity contribution in [2.45, 2.75) is 6.92 Å². The Bertz CT molecular complexity index is 1050. The highest BCUT2D eigenvalue weighted by molar-refractivity contribution is 14.1. The Morgan fingerprint density at radius 3 is 2.00 bits per heavy atom. The highest BCUT2D eigenvalue weighted by Gasteiger charge is 2.27. The summed E-state index contributed by atoms with van der Waals surface area (Å²) in [7, 11) is 0. The molecular weight excluding hydrogens is 463 g/mol. The molecule has 0 radical (unpaired) electrons. The summed E-state index contributed by atoms with van der Waals surface area (Å²) in [5, 5.41) is 2.04. The van der Waals surface area contributed by atoms with E-state index in [4.69, 9.17) is 0 Å². The van der Waals surface area contributed by atoms with E-state index in [1.807, 2.05) is 77.4 Å². The molecule has 2 amide bonds. The summed E-state index contributed by atoms with van der Waals surface area (Å²) in [5.74, 6) is 0.0828. The molecule has 1 saturated heterocycles. The van der Waals surface area contributed by atoms with Gasteiger partial charge in [-0.3, -0.25) is 9.59 Å². The van der Waals surface area contributed by atoms with Crippen LogP contribution in [0.5, 0.6) is 0 Å². The minimum atomic E-state index is 0.0361. The Kier molecular flexibility index (Phi) is 5.35. The number of nitrogens with zero attached hydrogens (tertiary/aromatic N) is 2. The second-order valence-electron chi connectivity index (χ2n) is 7.05. The van der Waals surface area contributed by atoms with Crippen LogP contribution in [0.2, 0.25) is 0 Å². The lowest BCUT2D eigenvalue weighted by Crippen LogP contribution is -2.50. The van der Waals surface area contributed by atoms with E-state index in [0.29, 0.717) is 26.2 Å². The highest BCUT2D eigenvalue weighted by Crippen LogP contribution is 2.22. The third-order valence-corrected chi connectivity index (χ3v) is 6.73. The molecular formula is C23H21IN2O2. The molecule has 5 heteroatoms. The van der Waals surface area contributed by atoms with E-state index in [0.717, 1.165) is 31.0 Å². The lowest BCUT2D eigenvalue weighted by atomic mass is 10.0. The molecule has 0 aliphatic carbocycles. The molecule has 1 heterocycles. The van der Waals surface area contributed by atoms with E-state index >= 15 is 0 Å². The van der Waals surface area contributed by atoms with E-state index in [2.05, 4.69) is 22.6 Å². The van der Waals surface area contributed by atoms with Crippen LogP contribution in [0.15, 0.2) is 60.7 Å². The van der Waals surface area contributed by atoms with Crippen molar-refractivity contribution in [1.29, 1.82) is 0 Å². The minimum absolute atomic E-state index is 0.0361. The summed E-state index contributed by atoms with van der Waals surface area (Å²) in [6.07, 6.45) is 0. The molecule has 4 nitrogen and oxygen atoms in total. The smallest absolute Gasteiger partial charge is 0.255 e. The zero-order valence-electron chi connectivity index (χ0n) is 15.7. The summed E-state index contributed by atoms with van der Waals surface area (Å²) < 4.78 is 0.999. The first-order valence-electron chi connectivity index (χ1n) is 9.37. The highest BCUT2D eigenvalue weighted by atomic mass is 127. The van der Waals surface area contributed by atoms with E-state index in [1.165, 1.54) is 0 Å². The predicted octanol–water partition coefficient (Wildman–Crippen LogP) is 4.35. The average molecular weight is 484 g/mol. The van der Waals surface area contributed by atoms with Crippen LogP contribution in [0.3, 0.4) is 0 Å². The molecule has 0 atom stereocenters. The Labute approximate surface area is 178 Å². The summed E-state index contributed by atoms with van der Waals surface area (Å²) >= 11 is 2.23. The van der Waals surface area contributed by atoms with Crippen molar-refractivity contribution in [1.82, 2.24) is 9.80 Å². The summed E-state index contributed by atoms with van der Waals surface area (Å²) in [5.41, 5.74) is 2.58. The van der Waals surface area contributed by atoms with Gasteiger partial charge in [-0.15, -0.1) is 0 Å². The first-order valence-corrected chi connectivity index (χ1v) is 10.5. The van der Waals surface area contributed by atoms with Gasteiger partial charge < -0.3 is 9.80 Å². The van der Waals surface area contributed by atoms with Crippen molar-refractivity contribution in [3.05, 3.63) is 80.9 Å². The second kappa shape index (κ2) is 7.91. The maximum Gasteiger partial charge on any atom is 0.255 e. The number of aryl methyl sites for hydroxylation is 1. The van der Waals surface area contributed by atoms with Crippen LogP contribution in [0.25, 0.3) is 10.8 Å². The van der Waals surface area contributed by atoms with Crippen molar-refractivity contribution >= 4 is 45.2 Å². The van der Waals surface area contributed by atoms with Crippen molar-refractivity contribution in [2.24, 2.45) is 0 Å². The van der Waals surface area contributed by atoms with Gasteiger partial charge in [0.25, 0.3) is 11.8 Å². The summed E-state index contributed by atoms with van der Waals surface area (Å²) in [6.45, 7) is 4.23. The van der Waals surface area contributed by atoms with Crippen LogP contribution in [0.4, 0.5) is 0 Å². The number of benzene rings is 3. The van der Waals surface area contributed by atoms with Crippen molar-refractivity contribution in [2.75, 3.05) is 26.2 Å². The number of piperazine rings is 1. The van der Waals surface area contributed by atoms with Crippen LogP contribution in [-0.4, -0.2) is 47.8 Å². The lowest BCUT2D eigenvalue weighted by Gasteiger charge is -2.35. The van der Waals surface area contributed by atoms with Crippen LogP contribution >= 0.6 is 22.6 Å². The minimum Gasteiger partial charge on any atom is -0.335 e. The van der Waals surface area contributed by atoms with Gasteiger partial charge in [-0.1, -0.05) is 48.5 Å². The molecule has 142 valence electrons. The Balaban J connectivity index is 1.49. The molecule has 0 aromatic heterocycles. The topological polar surface area (TPSA) is 40.6 Å². The van der Waals surface area contributed by atoms with E-state index in [1.54, 1.807) is 0 Å². The number of carbonyl (C=O) groups is 2. The van der Waals surface area contributed by atoms with Gasteiger partial charge in [-0.25, -0.2) is 0 Å². The number of carbonyl (C=O) groups excluding carboxylic acids is 2. The first kappa shape index (κ1) is 18.9. The maximum atomic E-state index is 13.1. The van der Waals surface area contributed by atoms with Crippen LogP contribution < -0.4 is 0 Å². The molecule has 0 unspecified atom stereocenters. The summed E-state index contributed by atoms with van der Waals surface area (Å²) in [6, 6.07) is 19.6.